The number of hydrogen-bond acceptors (Lipinski definition) is 5. The van der Waals surface area contributed by atoms with Gasteiger partial charge in [0.25, 0.3) is 0 Å². The second kappa shape index (κ2) is 12.3. The second-order valence-corrected chi connectivity index (χ2v) is 9.62. The van der Waals surface area contributed by atoms with E-state index in [1.807, 2.05) is 47.4 Å². The van der Waals surface area contributed by atoms with E-state index in [1.165, 1.54) is 7.11 Å². The smallest absolute Gasteiger partial charge is 0.246 e. The lowest BCUT2D eigenvalue weighted by Crippen LogP contribution is -2.49. The zero-order valence-corrected chi connectivity index (χ0v) is 22.0. The molecule has 0 saturated carbocycles. The summed E-state index contributed by atoms with van der Waals surface area (Å²) in [4.78, 5) is 16.9. The SMILES string of the molecule is COc1cc(C=CC(=O)N2CCN(CCOC(C)(c3ccccc3)c3ccc(Cl)cc3)CC2)ccc1O. The summed E-state index contributed by atoms with van der Waals surface area (Å²) in [6, 6.07) is 23.0. The molecule has 3 aromatic carbocycles. The quantitative estimate of drug-likeness (QED) is 0.393. The molecule has 1 aliphatic rings. The second-order valence-electron chi connectivity index (χ2n) is 9.19. The molecule has 1 saturated heterocycles. The predicted molar refractivity (Wildman–Crippen MR) is 147 cm³/mol. The maximum Gasteiger partial charge on any atom is 0.246 e. The molecule has 1 fully saturated rings. The number of hydrogen-bond donors (Lipinski definition) is 1. The van der Waals surface area contributed by atoms with Crippen LogP contribution in [-0.2, 0) is 15.1 Å². The summed E-state index contributed by atoms with van der Waals surface area (Å²) in [7, 11) is 1.50. The molecule has 37 heavy (non-hydrogen) atoms. The molecule has 0 bridgehead atoms. The minimum atomic E-state index is -0.592. The molecule has 1 unspecified atom stereocenters. The van der Waals surface area contributed by atoms with Gasteiger partial charge in [0.1, 0.15) is 5.60 Å². The molecular formula is C30H33ClN2O4. The van der Waals surface area contributed by atoms with Gasteiger partial charge in [-0.05, 0) is 54.0 Å². The first-order valence-corrected chi connectivity index (χ1v) is 12.8. The summed E-state index contributed by atoms with van der Waals surface area (Å²) >= 11 is 6.12. The van der Waals surface area contributed by atoms with Gasteiger partial charge in [-0.2, -0.15) is 0 Å². The van der Waals surface area contributed by atoms with Crippen molar-refractivity contribution in [3.63, 3.8) is 0 Å². The summed E-state index contributed by atoms with van der Waals surface area (Å²) < 4.78 is 11.7. The Bertz CT molecular complexity index is 1210. The van der Waals surface area contributed by atoms with Crippen LogP contribution in [-0.4, -0.2) is 67.3 Å². The number of rotatable bonds is 9. The Labute approximate surface area is 223 Å². The monoisotopic (exact) mass is 520 g/mol. The highest BCUT2D eigenvalue weighted by molar-refractivity contribution is 6.30. The van der Waals surface area contributed by atoms with E-state index in [0.29, 0.717) is 30.5 Å². The molecule has 0 aliphatic carbocycles. The first-order chi connectivity index (χ1) is 17.9. The van der Waals surface area contributed by atoms with Crippen molar-refractivity contribution in [3.05, 3.63) is 101 Å². The van der Waals surface area contributed by atoms with E-state index in [2.05, 4.69) is 24.0 Å². The summed E-state index contributed by atoms with van der Waals surface area (Å²) in [5, 5.41) is 10.4. The van der Waals surface area contributed by atoms with Crippen LogP contribution in [0.2, 0.25) is 5.02 Å². The number of nitrogens with zero attached hydrogens (tertiary/aromatic N) is 2. The maximum absolute atomic E-state index is 12.7. The van der Waals surface area contributed by atoms with Crippen molar-refractivity contribution in [2.75, 3.05) is 46.4 Å². The number of halogens is 1. The van der Waals surface area contributed by atoms with Crippen LogP contribution in [0, 0.1) is 0 Å². The number of piperazine rings is 1. The summed E-state index contributed by atoms with van der Waals surface area (Å²) in [5.74, 6) is 0.426. The first kappa shape index (κ1) is 26.7. The largest absolute Gasteiger partial charge is 0.504 e. The van der Waals surface area contributed by atoms with E-state index in [9.17, 15) is 9.90 Å². The van der Waals surface area contributed by atoms with Gasteiger partial charge in [0, 0.05) is 43.8 Å². The highest BCUT2D eigenvalue weighted by Gasteiger charge is 2.30. The van der Waals surface area contributed by atoms with Crippen LogP contribution >= 0.6 is 11.6 Å². The lowest BCUT2D eigenvalue weighted by Gasteiger charge is -2.36. The molecule has 6 nitrogen and oxygen atoms in total. The van der Waals surface area contributed by atoms with Crippen LogP contribution < -0.4 is 4.74 Å². The third-order valence-corrected chi connectivity index (χ3v) is 7.08. The molecular weight excluding hydrogens is 488 g/mol. The Morgan fingerprint density at radius 2 is 1.68 bits per heavy atom. The van der Waals surface area contributed by atoms with Gasteiger partial charge >= 0.3 is 0 Å². The van der Waals surface area contributed by atoms with Crippen molar-refractivity contribution in [2.24, 2.45) is 0 Å². The molecule has 1 heterocycles. The minimum Gasteiger partial charge on any atom is -0.504 e. The van der Waals surface area contributed by atoms with E-state index < -0.39 is 5.60 Å². The molecule has 194 valence electrons. The lowest BCUT2D eigenvalue weighted by atomic mass is 9.88. The van der Waals surface area contributed by atoms with Crippen LogP contribution in [0.5, 0.6) is 11.5 Å². The average molecular weight is 521 g/mol. The van der Waals surface area contributed by atoms with E-state index in [1.54, 1.807) is 30.4 Å². The third-order valence-electron chi connectivity index (χ3n) is 6.82. The van der Waals surface area contributed by atoms with Crippen molar-refractivity contribution < 1.29 is 19.4 Å². The summed E-state index contributed by atoms with van der Waals surface area (Å²) in [5.41, 5.74) is 2.34. The van der Waals surface area contributed by atoms with Gasteiger partial charge in [-0.1, -0.05) is 60.1 Å². The first-order valence-electron chi connectivity index (χ1n) is 12.4. The maximum atomic E-state index is 12.7. The van der Waals surface area contributed by atoms with Crippen molar-refractivity contribution in [2.45, 2.75) is 12.5 Å². The molecule has 1 atom stereocenters. The van der Waals surface area contributed by atoms with Crippen LogP contribution in [0.4, 0.5) is 0 Å². The zero-order valence-electron chi connectivity index (χ0n) is 21.3. The highest BCUT2D eigenvalue weighted by atomic mass is 35.5. The Morgan fingerprint density at radius 3 is 2.35 bits per heavy atom. The molecule has 0 aromatic heterocycles. The lowest BCUT2D eigenvalue weighted by molar-refractivity contribution is -0.127. The van der Waals surface area contributed by atoms with E-state index in [4.69, 9.17) is 21.1 Å². The molecule has 0 radical (unpaired) electrons. The van der Waals surface area contributed by atoms with E-state index in [0.717, 1.165) is 36.3 Å². The molecule has 1 N–H and O–H groups in total. The third kappa shape index (κ3) is 6.72. The number of carbonyl (C=O) groups is 1. The van der Waals surface area contributed by atoms with Gasteiger partial charge in [-0.3, -0.25) is 9.69 Å². The highest BCUT2D eigenvalue weighted by Crippen LogP contribution is 2.34. The fourth-order valence-corrected chi connectivity index (χ4v) is 4.62. The van der Waals surface area contributed by atoms with Gasteiger partial charge in [-0.15, -0.1) is 0 Å². The number of benzene rings is 3. The number of phenols is 1. The molecule has 7 heteroatoms. The van der Waals surface area contributed by atoms with Gasteiger partial charge in [0.2, 0.25) is 5.91 Å². The zero-order chi connectivity index (χ0) is 26.3. The number of ether oxygens (including phenoxy) is 2. The Morgan fingerprint density at radius 1 is 1.00 bits per heavy atom. The van der Waals surface area contributed by atoms with Crippen molar-refractivity contribution in [1.29, 1.82) is 0 Å². The van der Waals surface area contributed by atoms with Gasteiger partial charge in [-0.25, -0.2) is 0 Å². The number of phenolic OH excluding ortho intramolecular Hbond substituents is 1. The molecule has 4 rings (SSSR count). The number of aromatic hydroxyl groups is 1. The van der Waals surface area contributed by atoms with Crippen molar-refractivity contribution in [1.82, 2.24) is 9.80 Å². The van der Waals surface area contributed by atoms with E-state index in [-0.39, 0.29) is 11.7 Å². The Hall–Kier alpha value is -3.32. The minimum absolute atomic E-state index is 0.0256. The van der Waals surface area contributed by atoms with Gasteiger partial charge in [0.05, 0.1) is 13.7 Å². The summed E-state index contributed by atoms with van der Waals surface area (Å²) in [6.07, 6.45) is 3.31. The Kier molecular flexibility index (Phi) is 8.87. The fraction of sp³-hybridized carbons (Fsp3) is 0.300. The Balaban J connectivity index is 1.30. The van der Waals surface area contributed by atoms with Gasteiger partial charge < -0.3 is 19.5 Å². The van der Waals surface area contributed by atoms with Crippen LogP contribution in [0.15, 0.2) is 78.9 Å². The predicted octanol–water partition coefficient (Wildman–Crippen LogP) is 5.19. The summed E-state index contributed by atoms with van der Waals surface area (Å²) in [6.45, 7) is 6.34. The van der Waals surface area contributed by atoms with Crippen molar-refractivity contribution >= 4 is 23.6 Å². The van der Waals surface area contributed by atoms with Crippen LogP contribution in [0.3, 0.4) is 0 Å². The number of methoxy groups -OCH3 is 1. The van der Waals surface area contributed by atoms with E-state index >= 15 is 0 Å². The number of carbonyl (C=O) groups excluding carboxylic acids is 1. The number of amides is 1. The van der Waals surface area contributed by atoms with Crippen molar-refractivity contribution in [3.8, 4) is 11.5 Å². The molecule has 0 spiro atoms. The topological polar surface area (TPSA) is 62.2 Å². The van der Waals surface area contributed by atoms with Crippen LogP contribution in [0.25, 0.3) is 6.08 Å². The van der Waals surface area contributed by atoms with Crippen LogP contribution in [0.1, 0.15) is 23.6 Å². The molecule has 3 aromatic rings. The fourth-order valence-electron chi connectivity index (χ4n) is 4.50. The molecule has 1 amide bonds. The average Bonchev–Trinajstić information content (AvgIpc) is 2.93. The van der Waals surface area contributed by atoms with Gasteiger partial charge in [0.15, 0.2) is 11.5 Å². The standard InChI is InChI=1S/C30H33ClN2O4/c1-30(24-6-4-3-5-7-24,25-10-12-26(31)13-11-25)37-21-20-32-16-18-33(19-17-32)29(35)15-9-23-8-14-27(34)28(22-23)36-2/h3-15,22,34H,16-21H2,1-2H3. The normalized spacial score (nSPS) is 16.0. The molecule has 1 aliphatic heterocycles.